The normalized spacial score (nSPS) is 12.2. The van der Waals surface area contributed by atoms with Gasteiger partial charge in [-0.05, 0) is 40.5 Å². The quantitative estimate of drug-likeness (QED) is 0.215. The fourth-order valence-electron chi connectivity index (χ4n) is 2.97. The first kappa shape index (κ1) is 28.4. The molecular weight excluding hydrogens is 448 g/mol. The highest BCUT2D eigenvalue weighted by Gasteiger charge is 2.15. The zero-order valence-corrected chi connectivity index (χ0v) is 21.1. The summed E-state index contributed by atoms with van der Waals surface area (Å²) < 4.78 is 11.3. The SMILES string of the molecule is CC(C)OC(=O)N=NC(=O)OC(C)C.CCCCCCC(CC)n1cnc2c(Cl)ncnc21. The lowest BCUT2D eigenvalue weighted by Crippen LogP contribution is -2.09. The van der Waals surface area contributed by atoms with E-state index in [1.54, 1.807) is 27.7 Å². The minimum atomic E-state index is -0.902. The summed E-state index contributed by atoms with van der Waals surface area (Å²) in [4.78, 5) is 34.1. The molecule has 0 aliphatic rings. The molecule has 0 fully saturated rings. The first-order valence-electron chi connectivity index (χ1n) is 11.3. The largest absolute Gasteiger partial charge is 0.452 e. The number of ether oxygens (including phenoxy) is 2. The van der Waals surface area contributed by atoms with E-state index >= 15 is 0 Å². The van der Waals surface area contributed by atoms with E-state index < -0.39 is 12.2 Å². The van der Waals surface area contributed by atoms with Gasteiger partial charge >= 0.3 is 12.2 Å². The van der Waals surface area contributed by atoms with E-state index in [1.165, 1.54) is 38.4 Å². The molecular formula is C22H35ClN6O4. The lowest BCUT2D eigenvalue weighted by atomic mass is 10.1. The molecule has 11 heteroatoms. The molecule has 0 spiro atoms. The van der Waals surface area contributed by atoms with Gasteiger partial charge in [0.15, 0.2) is 10.8 Å². The Hall–Kier alpha value is -2.62. The number of imidazole rings is 1. The van der Waals surface area contributed by atoms with E-state index in [1.807, 2.05) is 6.33 Å². The van der Waals surface area contributed by atoms with Crippen molar-refractivity contribution in [3.05, 3.63) is 17.8 Å². The first-order valence-corrected chi connectivity index (χ1v) is 11.7. The zero-order valence-electron chi connectivity index (χ0n) is 20.3. The number of azo groups is 1. The van der Waals surface area contributed by atoms with Crippen molar-refractivity contribution in [3.8, 4) is 0 Å². The Bertz CT molecular complexity index is 876. The number of rotatable bonds is 9. The Kier molecular flexibility index (Phi) is 13.1. The van der Waals surface area contributed by atoms with Crippen LogP contribution in [0, 0.1) is 0 Å². The third kappa shape index (κ3) is 10.7. The van der Waals surface area contributed by atoms with E-state index in [2.05, 4.69) is 53.1 Å². The Balaban J connectivity index is 0.000000349. The topological polar surface area (TPSA) is 121 Å². The molecule has 33 heavy (non-hydrogen) atoms. The van der Waals surface area contributed by atoms with Gasteiger partial charge in [-0.3, -0.25) is 0 Å². The van der Waals surface area contributed by atoms with Crippen LogP contribution in [0.15, 0.2) is 22.9 Å². The Morgan fingerprint density at radius 1 is 0.970 bits per heavy atom. The smallest absolute Gasteiger partial charge is 0.444 e. The van der Waals surface area contributed by atoms with E-state index in [9.17, 15) is 9.59 Å². The van der Waals surface area contributed by atoms with Crippen molar-refractivity contribution in [1.29, 1.82) is 0 Å². The predicted octanol–water partition coefficient (Wildman–Crippen LogP) is 6.93. The fourth-order valence-corrected chi connectivity index (χ4v) is 3.15. The predicted molar refractivity (Wildman–Crippen MR) is 127 cm³/mol. The van der Waals surface area contributed by atoms with Crippen molar-refractivity contribution >= 4 is 35.0 Å². The molecule has 0 bridgehead atoms. The van der Waals surface area contributed by atoms with Gasteiger partial charge in [-0.15, -0.1) is 0 Å². The van der Waals surface area contributed by atoms with Gasteiger partial charge in [0.2, 0.25) is 0 Å². The van der Waals surface area contributed by atoms with E-state index in [-0.39, 0.29) is 12.2 Å². The molecule has 0 radical (unpaired) electrons. The van der Waals surface area contributed by atoms with Crippen LogP contribution in [0.1, 0.15) is 86.1 Å². The van der Waals surface area contributed by atoms with Crippen LogP contribution in [0.3, 0.4) is 0 Å². The zero-order chi connectivity index (χ0) is 24.8. The summed E-state index contributed by atoms with van der Waals surface area (Å²) in [5, 5.41) is 6.45. The van der Waals surface area contributed by atoms with Crippen molar-refractivity contribution in [3.63, 3.8) is 0 Å². The third-order valence-electron chi connectivity index (χ3n) is 4.46. The monoisotopic (exact) mass is 482 g/mol. The van der Waals surface area contributed by atoms with E-state index in [0.29, 0.717) is 16.7 Å². The molecule has 0 saturated carbocycles. The van der Waals surface area contributed by atoms with Gasteiger partial charge in [0.1, 0.15) is 11.8 Å². The number of carbonyl (C=O) groups excluding carboxylic acids is 2. The summed E-state index contributed by atoms with van der Waals surface area (Å²) in [5.41, 5.74) is 1.55. The standard InChI is InChI=1S/C14H21ClN4.C8H14N2O4/c1-3-5-6-7-8-11(4-2)19-10-18-12-13(15)16-9-17-14(12)19;1-5(2)13-7(11)9-10-8(12)14-6(3)4/h9-11H,3-8H2,1-2H3;5-6H,1-4H3. The summed E-state index contributed by atoms with van der Waals surface area (Å²) in [7, 11) is 0. The molecule has 2 aromatic rings. The minimum Gasteiger partial charge on any atom is -0.444 e. The number of hydrogen-bond donors (Lipinski definition) is 0. The molecule has 2 rings (SSSR count). The molecule has 2 amide bonds. The number of unbranched alkanes of at least 4 members (excludes halogenated alkanes) is 3. The minimum absolute atomic E-state index is 0.289. The average Bonchev–Trinajstić information content (AvgIpc) is 3.17. The van der Waals surface area contributed by atoms with Crippen LogP contribution in [0.25, 0.3) is 11.2 Å². The van der Waals surface area contributed by atoms with Gasteiger partial charge in [0, 0.05) is 6.04 Å². The number of aromatic nitrogens is 4. The molecule has 10 nitrogen and oxygen atoms in total. The number of halogens is 1. The van der Waals surface area contributed by atoms with Gasteiger partial charge in [-0.25, -0.2) is 24.5 Å². The summed E-state index contributed by atoms with van der Waals surface area (Å²) in [6.45, 7) is 11.1. The molecule has 2 heterocycles. The molecule has 1 unspecified atom stereocenters. The van der Waals surface area contributed by atoms with Gasteiger partial charge in [0.05, 0.1) is 18.5 Å². The first-order chi connectivity index (χ1) is 15.7. The van der Waals surface area contributed by atoms with Crippen molar-refractivity contribution < 1.29 is 19.1 Å². The second-order valence-electron chi connectivity index (χ2n) is 7.96. The Morgan fingerprint density at radius 3 is 2.09 bits per heavy atom. The van der Waals surface area contributed by atoms with Crippen LogP contribution in [-0.2, 0) is 9.47 Å². The molecule has 2 aromatic heterocycles. The molecule has 1 atom stereocenters. The number of hydrogen-bond acceptors (Lipinski definition) is 7. The summed E-state index contributed by atoms with van der Waals surface area (Å²) >= 11 is 6.04. The molecule has 0 aromatic carbocycles. The maximum Gasteiger partial charge on any atom is 0.452 e. The average molecular weight is 483 g/mol. The van der Waals surface area contributed by atoms with Gasteiger partial charge in [-0.2, -0.15) is 0 Å². The lowest BCUT2D eigenvalue weighted by Gasteiger charge is -2.16. The maximum atomic E-state index is 10.8. The van der Waals surface area contributed by atoms with Crippen LogP contribution in [-0.4, -0.2) is 43.9 Å². The Labute approximate surface area is 200 Å². The lowest BCUT2D eigenvalue weighted by molar-refractivity contribution is 0.115. The van der Waals surface area contributed by atoms with Gasteiger partial charge < -0.3 is 14.0 Å². The second kappa shape index (κ2) is 15.3. The molecule has 0 aliphatic carbocycles. The van der Waals surface area contributed by atoms with Crippen molar-refractivity contribution in [2.45, 2.75) is 98.3 Å². The summed E-state index contributed by atoms with van der Waals surface area (Å²) in [6.07, 6.45) is 8.36. The van der Waals surface area contributed by atoms with Crippen molar-refractivity contribution in [2.75, 3.05) is 0 Å². The summed E-state index contributed by atoms with van der Waals surface area (Å²) in [6, 6.07) is 0.452. The number of fused-ring (bicyclic) bond motifs is 1. The van der Waals surface area contributed by atoms with Crippen molar-refractivity contribution in [2.24, 2.45) is 10.2 Å². The number of amides is 2. The van der Waals surface area contributed by atoms with Crippen LogP contribution < -0.4 is 0 Å². The second-order valence-corrected chi connectivity index (χ2v) is 8.32. The summed E-state index contributed by atoms with van der Waals surface area (Å²) in [5.74, 6) is 0. The van der Waals surface area contributed by atoms with Crippen LogP contribution in [0.4, 0.5) is 9.59 Å². The number of nitrogens with zero attached hydrogens (tertiary/aromatic N) is 6. The highest BCUT2D eigenvalue weighted by Crippen LogP contribution is 2.25. The highest BCUT2D eigenvalue weighted by atomic mass is 35.5. The fraction of sp³-hybridized carbons (Fsp3) is 0.682. The van der Waals surface area contributed by atoms with Crippen LogP contribution in [0.2, 0.25) is 5.15 Å². The van der Waals surface area contributed by atoms with E-state index in [0.717, 1.165) is 12.1 Å². The molecule has 0 aliphatic heterocycles. The van der Waals surface area contributed by atoms with Gasteiger partial charge in [-0.1, -0.05) is 61.4 Å². The third-order valence-corrected chi connectivity index (χ3v) is 4.73. The Morgan fingerprint density at radius 2 is 1.58 bits per heavy atom. The number of carbonyl (C=O) groups is 2. The molecule has 184 valence electrons. The maximum absolute atomic E-state index is 10.8. The van der Waals surface area contributed by atoms with Crippen molar-refractivity contribution in [1.82, 2.24) is 19.5 Å². The van der Waals surface area contributed by atoms with E-state index in [4.69, 9.17) is 11.6 Å². The molecule has 0 saturated heterocycles. The molecule has 0 N–H and O–H groups in total. The highest BCUT2D eigenvalue weighted by molar-refractivity contribution is 6.33. The van der Waals surface area contributed by atoms with Gasteiger partial charge in [0.25, 0.3) is 0 Å². The van der Waals surface area contributed by atoms with Crippen LogP contribution >= 0.6 is 11.6 Å². The van der Waals surface area contributed by atoms with Crippen LogP contribution in [0.5, 0.6) is 0 Å².